The van der Waals surface area contributed by atoms with E-state index in [1.54, 1.807) is 0 Å². The van der Waals surface area contributed by atoms with Crippen LogP contribution >= 0.6 is 0 Å². The van der Waals surface area contributed by atoms with Crippen LogP contribution in [0.15, 0.2) is 0 Å². The zero-order valence-corrected chi connectivity index (χ0v) is 10.1. The molecule has 2 unspecified atom stereocenters. The summed E-state index contributed by atoms with van der Waals surface area (Å²) in [6.45, 7) is 10.3. The maximum atomic E-state index is 11.8. The van der Waals surface area contributed by atoms with Crippen LogP contribution in [-0.4, -0.2) is 37.2 Å². The van der Waals surface area contributed by atoms with Crippen molar-refractivity contribution in [2.45, 2.75) is 39.3 Å². The first-order chi connectivity index (χ1) is 6.90. The van der Waals surface area contributed by atoms with E-state index in [4.69, 9.17) is 4.74 Å². The Balaban J connectivity index is 2.44. The molecule has 4 nitrogen and oxygen atoms in total. The van der Waals surface area contributed by atoms with Crippen molar-refractivity contribution in [3.63, 3.8) is 0 Å². The Morgan fingerprint density at radius 3 is 2.53 bits per heavy atom. The lowest BCUT2D eigenvalue weighted by Crippen LogP contribution is -2.53. The molecule has 0 aromatic rings. The number of nitrogens with one attached hydrogen (secondary N) is 2. The first-order valence-electron chi connectivity index (χ1n) is 5.57. The van der Waals surface area contributed by atoms with Crippen molar-refractivity contribution in [1.82, 2.24) is 10.6 Å². The van der Waals surface area contributed by atoms with Crippen LogP contribution in [0.3, 0.4) is 0 Å². The highest BCUT2D eigenvalue weighted by molar-refractivity contribution is 5.73. The largest absolute Gasteiger partial charge is 0.460 e. The summed E-state index contributed by atoms with van der Waals surface area (Å²) in [6, 6.07) is 0.189. The molecule has 1 aliphatic rings. The molecule has 88 valence electrons. The zero-order valence-electron chi connectivity index (χ0n) is 10.1. The van der Waals surface area contributed by atoms with E-state index in [2.05, 4.69) is 10.6 Å². The fraction of sp³-hybridized carbons (Fsp3) is 0.909. The number of ether oxygens (including phenoxy) is 1. The lowest BCUT2D eigenvalue weighted by Gasteiger charge is -2.30. The van der Waals surface area contributed by atoms with Gasteiger partial charge >= 0.3 is 5.97 Å². The van der Waals surface area contributed by atoms with Gasteiger partial charge in [0.1, 0.15) is 5.60 Å². The number of carbonyl (C=O) groups is 1. The molecule has 15 heavy (non-hydrogen) atoms. The van der Waals surface area contributed by atoms with Crippen molar-refractivity contribution >= 4 is 5.97 Å². The first-order valence-corrected chi connectivity index (χ1v) is 5.57. The Morgan fingerprint density at radius 2 is 2.07 bits per heavy atom. The number of piperazine rings is 1. The molecule has 2 atom stereocenters. The van der Waals surface area contributed by atoms with Gasteiger partial charge in [-0.2, -0.15) is 0 Å². The molecule has 0 aromatic carbocycles. The van der Waals surface area contributed by atoms with Gasteiger partial charge in [0.05, 0.1) is 5.92 Å². The molecule has 1 heterocycles. The molecule has 1 aliphatic heterocycles. The summed E-state index contributed by atoms with van der Waals surface area (Å²) in [4.78, 5) is 11.8. The van der Waals surface area contributed by atoms with Gasteiger partial charge in [-0.15, -0.1) is 0 Å². The Morgan fingerprint density at radius 1 is 1.40 bits per heavy atom. The molecule has 1 saturated heterocycles. The highest BCUT2D eigenvalue weighted by atomic mass is 16.6. The summed E-state index contributed by atoms with van der Waals surface area (Å²) in [6.07, 6.45) is 0. The van der Waals surface area contributed by atoms with Crippen LogP contribution in [0, 0.1) is 5.92 Å². The molecular formula is C11H22N2O2. The van der Waals surface area contributed by atoms with Crippen LogP contribution in [0.25, 0.3) is 0 Å². The van der Waals surface area contributed by atoms with Gasteiger partial charge in [0.15, 0.2) is 0 Å². The lowest BCUT2D eigenvalue weighted by atomic mass is 10.0. The summed E-state index contributed by atoms with van der Waals surface area (Å²) in [7, 11) is 0. The maximum absolute atomic E-state index is 11.8. The van der Waals surface area contributed by atoms with E-state index in [-0.39, 0.29) is 17.9 Å². The third kappa shape index (κ3) is 4.18. The zero-order chi connectivity index (χ0) is 11.5. The second-order valence-electron chi connectivity index (χ2n) is 5.09. The third-order valence-electron chi connectivity index (χ3n) is 2.45. The monoisotopic (exact) mass is 214 g/mol. The number of carbonyl (C=O) groups excluding carboxylic acids is 1. The van der Waals surface area contributed by atoms with Crippen molar-refractivity contribution in [2.24, 2.45) is 5.92 Å². The van der Waals surface area contributed by atoms with Gasteiger partial charge in [-0.05, 0) is 20.8 Å². The van der Waals surface area contributed by atoms with Gasteiger partial charge in [0.25, 0.3) is 0 Å². The van der Waals surface area contributed by atoms with E-state index in [1.165, 1.54) is 0 Å². The lowest BCUT2D eigenvalue weighted by molar-refractivity contribution is -0.160. The quantitative estimate of drug-likeness (QED) is 0.658. The summed E-state index contributed by atoms with van der Waals surface area (Å²) >= 11 is 0. The van der Waals surface area contributed by atoms with E-state index in [0.29, 0.717) is 0 Å². The van der Waals surface area contributed by atoms with Crippen LogP contribution in [0.2, 0.25) is 0 Å². The van der Waals surface area contributed by atoms with Crippen LogP contribution in [0.4, 0.5) is 0 Å². The molecule has 0 aromatic heterocycles. The smallest absolute Gasteiger partial charge is 0.310 e. The van der Waals surface area contributed by atoms with E-state index in [1.807, 2.05) is 27.7 Å². The van der Waals surface area contributed by atoms with Crippen LogP contribution < -0.4 is 10.6 Å². The molecule has 1 rings (SSSR count). The average Bonchev–Trinajstić information content (AvgIpc) is 2.15. The van der Waals surface area contributed by atoms with Crippen molar-refractivity contribution in [2.75, 3.05) is 19.6 Å². The summed E-state index contributed by atoms with van der Waals surface area (Å²) in [5, 5.41) is 6.59. The Labute approximate surface area is 91.8 Å². The molecule has 2 N–H and O–H groups in total. The molecule has 0 spiro atoms. The normalized spacial score (nSPS) is 24.7. The number of hydrogen-bond donors (Lipinski definition) is 2. The van der Waals surface area contributed by atoms with Crippen molar-refractivity contribution in [3.8, 4) is 0 Å². The number of esters is 1. The van der Waals surface area contributed by atoms with E-state index < -0.39 is 5.60 Å². The Kier molecular flexibility index (Phi) is 4.11. The van der Waals surface area contributed by atoms with E-state index in [9.17, 15) is 4.79 Å². The fourth-order valence-corrected chi connectivity index (χ4v) is 1.59. The third-order valence-corrected chi connectivity index (χ3v) is 2.45. The van der Waals surface area contributed by atoms with Gasteiger partial charge in [0.2, 0.25) is 0 Å². The molecule has 0 saturated carbocycles. The summed E-state index contributed by atoms with van der Waals surface area (Å²) in [5.74, 6) is -0.222. The minimum atomic E-state index is -0.395. The minimum Gasteiger partial charge on any atom is -0.460 e. The van der Waals surface area contributed by atoms with Gasteiger partial charge in [-0.1, -0.05) is 6.92 Å². The van der Waals surface area contributed by atoms with Gasteiger partial charge in [-0.3, -0.25) is 4.79 Å². The molecule has 1 fully saturated rings. The average molecular weight is 214 g/mol. The molecule has 0 bridgehead atoms. The van der Waals surface area contributed by atoms with Gasteiger partial charge in [0, 0.05) is 25.7 Å². The standard InChI is InChI=1S/C11H22N2O2/c1-8(9-7-12-5-6-13-9)10(14)15-11(2,3)4/h8-9,12-13H,5-7H2,1-4H3. The first kappa shape index (κ1) is 12.5. The van der Waals surface area contributed by atoms with E-state index >= 15 is 0 Å². The summed E-state index contributed by atoms with van der Waals surface area (Å²) in [5.41, 5.74) is -0.395. The topological polar surface area (TPSA) is 50.4 Å². The molecule has 0 aliphatic carbocycles. The molecule has 0 amide bonds. The predicted molar refractivity (Wildman–Crippen MR) is 59.7 cm³/mol. The predicted octanol–water partition coefficient (Wildman–Crippen LogP) is 0.526. The highest BCUT2D eigenvalue weighted by Gasteiger charge is 2.29. The SMILES string of the molecule is CC(C(=O)OC(C)(C)C)C1CNCCN1. The Bertz CT molecular complexity index is 217. The second-order valence-corrected chi connectivity index (χ2v) is 5.09. The Hall–Kier alpha value is -0.610. The molecule has 0 radical (unpaired) electrons. The van der Waals surface area contributed by atoms with Crippen LogP contribution in [0.1, 0.15) is 27.7 Å². The fourth-order valence-electron chi connectivity index (χ4n) is 1.59. The van der Waals surface area contributed by atoms with Gasteiger partial charge < -0.3 is 15.4 Å². The van der Waals surface area contributed by atoms with Crippen molar-refractivity contribution in [3.05, 3.63) is 0 Å². The summed E-state index contributed by atoms with van der Waals surface area (Å²) < 4.78 is 5.35. The van der Waals surface area contributed by atoms with Crippen molar-refractivity contribution in [1.29, 1.82) is 0 Å². The highest BCUT2D eigenvalue weighted by Crippen LogP contribution is 2.14. The molecular weight excluding hydrogens is 192 g/mol. The van der Waals surface area contributed by atoms with Crippen LogP contribution in [0.5, 0.6) is 0 Å². The van der Waals surface area contributed by atoms with Gasteiger partial charge in [-0.25, -0.2) is 0 Å². The second kappa shape index (κ2) is 4.94. The number of hydrogen-bond acceptors (Lipinski definition) is 4. The van der Waals surface area contributed by atoms with Crippen molar-refractivity contribution < 1.29 is 9.53 Å². The minimum absolute atomic E-state index is 0.1000. The van der Waals surface area contributed by atoms with E-state index in [0.717, 1.165) is 19.6 Å². The van der Waals surface area contributed by atoms with Crippen LogP contribution in [-0.2, 0) is 9.53 Å². The number of rotatable bonds is 2. The molecule has 4 heteroatoms. The maximum Gasteiger partial charge on any atom is 0.310 e.